The summed E-state index contributed by atoms with van der Waals surface area (Å²) in [4.78, 5) is 8.49. The summed E-state index contributed by atoms with van der Waals surface area (Å²) < 4.78 is 8.84. The Morgan fingerprint density at radius 3 is 2.93 bits per heavy atom. The SMILES string of the molecule is Cc1nn(C[C@H](O)CO)cc1-c1cnc(N)c2oc(-c3csc4cnccc34)cc12. The second-order valence-corrected chi connectivity index (χ2v) is 8.03. The van der Waals surface area contributed by atoms with Gasteiger partial charge in [-0.25, -0.2) is 4.98 Å². The number of aryl methyl sites for hydroxylation is 1. The van der Waals surface area contributed by atoms with E-state index in [4.69, 9.17) is 15.3 Å². The van der Waals surface area contributed by atoms with Crippen molar-refractivity contribution in [3.8, 4) is 22.5 Å². The summed E-state index contributed by atoms with van der Waals surface area (Å²) in [5, 5.41) is 27.2. The molecule has 5 rings (SSSR count). The molecular weight excluding hydrogens is 402 g/mol. The quantitative estimate of drug-likeness (QED) is 0.398. The number of nitrogens with two attached hydrogens (primary N) is 1. The maximum atomic E-state index is 9.73. The molecule has 0 aromatic carbocycles. The van der Waals surface area contributed by atoms with E-state index in [9.17, 15) is 5.11 Å². The lowest BCUT2D eigenvalue weighted by molar-refractivity contribution is 0.0782. The van der Waals surface area contributed by atoms with E-state index < -0.39 is 6.10 Å². The Balaban J connectivity index is 1.65. The van der Waals surface area contributed by atoms with Crippen LogP contribution in [0.4, 0.5) is 5.82 Å². The Morgan fingerprint density at radius 1 is 1.23 bits per heavy atom. The molecule has 5 heterocycles. The first-order chi connectivity index (χ1) is 14.5. The average Bonchev–Trinajstić information content (AvgIpc) is 3.45. The first kappa shape index (κ1) is 18.7. The monoisotopic (exact) mass is 421 g/mol. The number of nitrogens with zero attached hydrogens (tertiary/aromatic N) is 4. The Morgan fingerprint density at radius 2 is 2.10 bits per heavy atom. The number of aliphatic hydroxyl groups excluding tert-OH is 2. The smallest absolute Gasteiger partial charge is 0.177 e. The molecule has 5 aromatic heterocycles. The van der Waals surface area contributed by atoms with Crippen LogP contribution >= 0.6 is 11.3 Å². The number of hydrogen-bond donors (Lipinski definition) is 3. The minimum Gasteiger partial charge on any atom is -0.452 e. The van der Waals surface area contributed by atoms with Gasteiger partial charge in [0.25, 0.3) is 0 Å². The van der Waals surface area contributed by atoms with Crippen LogP contribution in [0.5, 0.6) is 0 Å². The highest BCUT2D eigenvalue weighted by molar-refractivity contribution is 7.17. The van der Waals surface area contributed by atoms with Crippen molar-refractivity contribution in [1.29, 1.82) is 0 Å². The molecule has 0 aliphatic rings. The zero-order chi connectivity index (χ0) is 20.8. The zero-order valence-electron chi connectivity index (χ0n) is 16.1. The number of rotatable bonds is 5. The zero-order valence-corrected chi connectivity index (χ0v) is 16.9. The molecule has 0 aliphatic heterocycles. The molecule has 0 spiro atoms. The fourth-order valence-electron chi connectivity index (χ4n) is 3.61. The number of furan rings is 1. The van der Waals surface area contributed by atoms with Crippen molar-refractivity contribution in [1.82, 2.24) is 19.7 Å². The second kappa shape index (κ2) is 7.21. The first-order valence-electron chi connectivity index (χ1n) is 9.38. The van der Waals surface area contributed by atoms with Crippen LogP contribution in [0.25, 0.3) is 43.5 Å². The molecule has 0 saturated carbocycles. The normalized spacial score (nSPS) is 12.8. The van der Waals surface area contributed by atoms with Crippen molar-refractivity contribution in [2.45, 2.75) is 19.6 Å². The van der Waals surface area contributed by atoms with E-state index in [1.165, 1.54) is 0 Å². The first-order valence-corrected chi connectivity index (χ1v) is 10.3. The van der Waals surface area contributed by atoms with E-state index in [1.54, 1.807) is 28.4 Å². The highest BCUT2D eigenvalue weighted by Crippen LogP contribution is 2.40. The van der Waals surface area contributed by atoms with Gasteiger partial charge < -0.3 is 20.4 Å². The largest absolute Gasteiger partial charge is 0.452 e. The van der Waals surface area contributed by atoms with Crippen molar-refractivity contribution < 1.29 is 14.6 Å². The van der Waals surface area contributed by atoms with Gasteiger partial charge in [-0.1, -0.05) is 0 Å². The number of aromatic nitrogens is 4. The van der Waals surface area contributed by atoms with Crippen LogP contribution in [0.1, 0.15) is 5.69 Å². The number of anilines is 1. The van der Waals surface area contributed by atoms with Crippen molar-refractivity contribution >= 4 is 38.2 Å². The van der Waals surface area contributed by atoms with Gasteiger partial charge in [-0.2, -0.15) is 5.10 Å². The highest BCUT2D eigenvalue weighted by Gasteiger charge is 2.19. The standard InChI is InChI=1S/C21H19N5O3S/c1-11-16(8-26(25-11)7-12(28)9-27)15-5-24-21(22)20-14(15)4-18(29-20)17-10-30-19-6-23-3-2-13(17)19/h2-6,8,10,12,27-28H,7,9H2,1H3,(H2,22,24)/t12-/m0/s1. The summed E-state index contributed by atoms with van der Waals surface area (Å²) in [6, 6.07) is 3.95. The maximum Gasteiger partial charge on any atom is 0.177 e. The van der Waals surface area contributed by atoms with Gasteiger partial charge in [0.2, 0.25) is 0 Å². The fourth-order valence-corrected chi connectivity index (χ4v) is 4.53. The van der Waals surface area contributed by atoms with Gasteiger partial charge in [-0.3, -0.25) is 9.67 Å². The topological polar surface area (TPSA) is 123 Å². The lowest BCUT2D eigenvalue weighted by Gasteiger charge is -2.06. The lowest BCUT2D eigenvalue weighted by Crippen LogP contribution is -2.20. The molecule has 0 amide bonds. The van der Waals surface area contributed by atoms with E-state index >= 15 is 0 Å². The van der Waals surface area contributed by atoms with E-state index in [2.05, 4.69) is 15.1 Å². The molecule has 0 radical (unpaired) electrons. The maximum absolute atomic E-state index is 9.73. The van der Waals surface area contributed by atoms with Gasteiger partial charge in [0.05, 0.1) is 29.6 Å². The highest BCUT2D eigenvalue weighted by atomic mass is 32.1. The van der Waals surface area contributed by atoms with Gasteiger partial charge in [-0.15, -0.1) is 11.3 Å². The minimum absolute atomic E-state index is 0.203. The Hall–Kier alpha value is -3.27. The van der Waals surface area contributed by atoms with Crippen LogP contribution < -0.4 is 5.73 Å². The molecule has 9 heteroatoms. The molecule has 152 valence electrons. The van der Waals surface area contributed by atoms with Crippen molar-refractivity contribution in [3.63, 3.8) is 0 Å². The molecule has 5 aromatic rings. The summed E-state index contributed by atoms with van der Waals surface area (Å²) in [6.07, 6.45) is 6.28. The summed E-state index contributed by atoms with van der Waals surface area (Å²) in [5.74, 6) is 1.03. The number of nitrogen functional groups attached to an aromatic ring is 1. The van der Waals surface area contributed by atoms with E-state index in [-0.39, 0.29) is 13.2 Å². The van der Waals surface area contributed by atoms with Gasteiger partial charge in [0.15, 0.2) is 11.4 Å². The third kappa shape index (κ3) is 3.04. The lowest BCUT2D eigenvalue weighted by atomic mass is 10.0. The number of pyridine rings is 2. The molecule has 0 saturated heterocycles. The van der Waals surface area contributed by atoms with Gasteiger partial charge >= 0.3 is 0 Å². The number of fused-ring (bicyclic) bond motifs is 2. The average molecular weight is 421 g/mol. The summed E-state index contributed by atoms with van der Waals surface area (Å²) in [5.41, 5.74) is 10.1. The summed E-state index contributed by atoms with van der Waals surface area (Å²) >= 11 is 1.61. The molecule has 4 N–H and O–H groups in total. The third-order valence-corrected chi connectivity index (χ3v) is 6.01. The predicted octanol–water partition coefficient (Wildman–Crippen LogP) is 3.21. The predicted molar refractivity (Wildman–Crippen MR) is 116 cm³/mol. The molecule has 1 atom stereocenters. The molecule has 0 bridgehead atoms. The Kier molecular flexibility index (Phi) is 4.50. The van der Waals surface area contributed by atoms with E-state index in [0.717, 1.165) is 37.9 Å². The van der Waals surface area contributed by atoms with Crippen LogP contribution in [0.15, 0.2) is 46.7 Å². The van der Waals surface area contributed by atoms with Crippen molar-refractivity contribution in [3.05, 3.63) is 48.0 Å². The van der Waals surface area contributed by atoms with Crippen molar-refractivity contribution in [2.75, 3.05) is 12.3 Å². The van der Waals surface area contributed by atoms with Gasteiger partial charge in [0.1, 0.15) is 5.76 Å². The molecule has 30 heavy (non-hydrogen) atoms. The molecule has 8 nitrogen and oxygen atoms in total. The molecule has 0 aliphatic carbocycles. The minimum atomic E-state index is -0.872. The van der Waals surface area contributed by atoms with Crippen LogP contribution in [-0.4, -0.2) is 42.7 Å². The van der Waals surface area contributed by atoms with Gasteiger partial charge in [-0.05, 0) is 19.1 Å². The van der Waals surface area contributed by atoms with Crippen molar-refractivity contribution in [2.24, 2.45) is 0 Å². The summed E-state index contributed by atoms with van der Waals surface area (Å²) in [6.45, 7) is 1.77. The van der Waals surface area contributed by atoms with Crippen LogP contribution in [0.3, 0.4) is 0 Å². The van der Waals surface area contributed by atoms with E-state index in [1.807, 2.05) is 36.8 Å². The van der Waals surface area contributed by atoms with Crippen LogP contribution in [-0.2, 0) is 6.54 Å². The fraction of sp³-hybridized carbons (Fsp3) is 0.190. The number of aliphatic hydroxyl groups is 2. The Labute approximate surface area is 175 Å². The molecule has 0 fully saturated rings. The number of hydrogen-bond acceptors (Lipinski definition) is 8. The van der Waals surface area contributed by atoms with Crippen LogP contribution in [0, 0.1) is 6.92 Å². The van der Waals surface area contributed by atoms with Gasteiger partial charge in [0, 0.05) is 57.6 Å². The third-order valence-electron chi connectivity index (χ3n) is 5.08. The van der Waals surface area contributed by atoms with E-state index in [0.29, 0.717) is 17.2 Å². The van der Waals surface area contributed by atoms with Crippen LogP contribution in [0.2, 0.25) is 0 Å². The number of thiophene rings is 1. The molecule has 0 unspecified atom stereocenters. The Bertz CT molecular complexity index is 1370. The second-order valence-electron chi connectivity index (χ2n) is 7.12. The summed E-state index contributed by atoms with van der Waals surface area (Å²) in [7, 11) is 0. The molecular formula is C21H19N5O3S.